The summed E-state index contributed by atoms with van der Waals surface area (Å²) in [5.41, 5.74) is 11.0. The highest BCUT2D eigenvalue weighted by atomic mass is 15.2. The molecule has 0 heterocycles. The van der Waals surface area contributed by atoms with Crippen molar-refractivity contribution >= 4 is 11.8 Å². The first kappa shape index (κ1) is 37.5. The van der Waals surface area contributed by atoms with E-state index in [4.69, 9.17) is 5.11 Å². The Kier molecular flexibility index (Phi) is 18.3. The molecule has 2 heteroatoms. The van der Waals surface area contributed by atoms with Crippen LogP contribution >= 0.6 is 0 Å². The van der Waals surface area contributed by atoms with Crippen molar-refractivity contribution < 1.29 is 4.70 Å². The van der Waals surface area contributed by atoms with Crippen molar-refractivity contribution in [2.45, 2.75) is 150 Å². The summed E-state index contributed by atoms with van der Waals surface area (Å²) in [6.45, 7) is 9.12. The third-order valence-corrected chi connectivity index (χ3v) is 9.42. The molecule has 0 spiro atoms. The third kappa shape index (κ3) is 13.8. The Balaban J connectivity index is 1.82. The fourth-order valence-electron chi connectivity index (χ4n) is 6.57. The summed E-state index contributed by atoms with van der Waals surface area (Å²) >= 11 is 0. The van der Waals surface area contributed by atoms with Crippen LogP contribution in [-0.2, 0) is 19.3 Å². The van der Waals surface area contributed by atoms with Crippen LogP contribution in [0, 0.1) is 6.92 Å². The van der Waals surface area contributed by atoms with Gasteiger partial charge in [0.05, 0.1) is 0 Å². The van der Waals surface area contributed by atoms with E-state index in [-0.39, 0.29) is 0 Å². The van der Waals surface area contributed by atoms with Crippen molar-refractivity contribution in [2.24, 2.45) is 5.11 Å². The number of aryl methyl sites for hydroxylation is 3. The Morgan fingerprint density at radius 2 is 1.15 bits per heavy atom. The van der Waals surface area contributed by atoms with Crippen LogP contribution in [-0.4, -0.2) is 11.7 Å². The van der Waals surface area contributed by atoms with Gasteiger partial charge in [-0.05, 0) is 108 Å². The van der Waals surface area contributed by atoms with Crippen molar-refractivity contribution in [3.05, 3.63) is 94.7 Å². The maximum atomic E-state index is 4.95. The summed E-state index contributed by atoms with van der Waals surface area (Å²) < 4.78 is 1.98. The molecule has 3 aromatic rings. The van der Waals surface area contributed by atoms with Crippen LogP contribution < -0.4 is 0 Å². The second-order valence-corrected chi connectivity index (χ2v) is 13.5. The van der Waals surface area contributed by atoms with Crippen LogP contribution in [0.1, 0.15) is 151 Å². The van der Waals surface area contributed by atoms with Gasteiger partial charge in [0, 0.05) is 6.08 Å². The number of unbranched alkanes of at least 4 members (excludes halogenated alkanes) is 13. The summed E-state index contributed by atoms with van der Waals surface area (Å²) in [5, 5.41) is 4.95. The van der Waals surface area contributed by atoms with Gasteiger partial charge in [-0.2, -0.15) is 0 Å². The van der Waals surface area contributed by atoms with Crippen LogP contribution in [0.4, 0.5) is 5.69 Å². The van der Waals surface area contributed by atoms with Crippen LogP contribution in [0.15, 0.2) is 72.0 Å². The van der Waals surface area contributed by atoms with Crippen molar-refractivity contribution in [3.63, 3.8) is 0 Å². The van der Waals surface area contributed by atoms with Crippen molar-refractivity contribution in [3.8, 4) is 11.1 Å². The standard InChI is InChI=1S/C44H65N2/c1-6-9-12-15-17-21-27-40-36-42(31-30-37(40)4)45-46(5)33-32-38-34-41(28-20-14-11-8-3)43(29-24-18-16-13-10-7-2)44(35-38)39-25-22-19-23-26-39/h19,22-23,25-26,30-36H,6-18,20-21,24,27-29H2,1-5H3/q+1. The van der Waals surface area contributed by atoms with Crippen LogP contribution in [0.3, 0.4) is 0 Å². The van der Waals surface area contributed by atoms with Gasteiger partial charge in [0.1, 0.15) is 5.69 Å². The van der Waals surface area contributed by atoms with E-state index < -0.39 is 0 Å². The van der Waals surface area contributed by atoms with Gasteiger partial charge in [0.2, 0.25) is 0 Å². The summed E-state index contributed by atoms with van der Waals surface area (Å²) in [4.78, 5) is 0. The third-order valence-electron chi connectivity index (χ3n) is 9.42. The lowest BCUT2D eigenvalue weighted by atomic mass is 9.87. The average molecular weight is 622 g/mol. The zero-order valence-corrected chi connectivity index (χ0v) is 30.3. The zero-order chi connectivity index (χ0) is 32.8. The fourth-order valence-corrected chi connectivity index (χ4v) is 6.57. The second-order valence-electron chi connectivity index (χ2n) is 13.5. The Bertz CT molecular complexity index is 1320. The Morgan fingerprint density at radius 1 is 0.587 bits per heavy atom. The lowest BCUT2D eigenvalue weighted by molar-refractivity contribution is -0.491. The molecule has 0 aromatic heterocycles. The topological polar surface area (TPSA) is 15.4 Å². The van der Waals surface area contributed by atoms with Gasteiger partial charge in [0.25, 0.3) is 0 Å². The largest absolute Gasteiger partial charge is 0.196 e. The van der Waals surface area contributed by atoms with Gasteiger partial charge in [-0.15, -0.1) is 0 Å². The van der Waals surface area contributed by atoms with Crippen molar-refractivity contribution in [2.75, 3.05) is 7.05 Å². The van der Waals surface area contributed by atoms with Crippen LogP contribution in [0.25, 0.3) is 17.2 Å². The quantitative estimate of drug-likeness (QED) is 0.0569. The predicted molar refractivity (Wildman–Crippen MR) is 202 cm³/mol. The molecule has 0 fully saturated rings. The Hall–Kier alpha value is -3.00. The highest BCUT2D eigenvalue weighted by molar-refractivity contribution is 5.72. The number of nitrogens with zero attached hydrogens (tertiary/aromatic N) is 2. The number of hydrogen-bond acceptors (Lipinski definition) is 1. The molecule has 0 amide bonds. The monoisotopic (exact) mass is 622 g/mol. The van der Waals surface area contributed by atoms with E-state index >= 15 is 0 Å². The molecule has 3 rings (SSSR count). The van der Waals surface area contributed by atoms with Gasteiger partial charge in [-0.25, -0.2) is 0 Å². The van der Waals surface area contributed by atoms with Gasteiger partial charge >= 0.3 is 0 Å². The minimum absolute atomic E-state index is 1.04. The molecule has 0 aliphatic heterocycles. The van der Waals surface area contributed by atoms with E-state index in [1.807, 2.05) is 4.70 Å². The first-order valence-corrected chi connectivity index (χ1v) is 19.0. The first-order valence-electron chi connectivity index (χ1n) is 19.0. The van der Waals surface area contributed by atoms with E-state index in [1.54, 1.807) is 11.1 Å². The number of hydrogen-bond donors (Lipinski definition) is 0. The number of rotatable bonds is 23. The first-order chi connectivity index (χ1) is 22.5. The normalized spacial score (nSPS) is 12.0. The molecule has 0 unspecified atom stereocenters. The Morgan fingerprint density at radius 3 is 1.80 bits per heavy atom. The molecule has 0 aliphatic carbocycles. The van der Waals surface area contributed by atoms with Gasteiger partial charge in [-0.1, -0.05) is 151 Å². The number of benzene rings is 3. The summed E-state index contributed by atoms with van der Waals surface area (Å²) in [5.74, 6) is 0. The molecule has 46 heavy (non-hydrogen) atoms. The maximum Gasteiger partial charge on any atom is 0.196 e. The lowest BCUT2D eigenvalue weighted by Crippen LogP contribution is -2.01. The molecule has 3 aromatic carbocycles. The molecule has 0 radical (unpaired) electrons. The minimum Gasteiger partial charge on any atom is -0.0934 e. The van der Waals surface area contributed by atoms with E-state index in [1.165, 1.54) is 137 Å². The summed E-state index contributed by atoms with van der Waals surface area (Å²) in [7, 11) is 2.06. The van der Waals surface area contributed by atoms with E-state index in [2.05, 4.69) is 108 Å². The van der Waals surface area contributed by atoms with Gasteiger partial charge in [0.15, 0.2) is 13.2 Å². The van der Waals surface area contributed by atoms with Gasteiger partial charge < -0.3 is 0 Å². The lowest BCUT2D eigenvalue weighted by Gasteiger charge is -2.17. The van der Waals surface area contributed by atoms with Crippen LogP contribution in [0.5, 0.6) is 0 Å². The highest BCUT2D eigenvalue weighted by Gasteiger charge is 2.13. The zero-order valence-electron chi connectivity index (χ0n) is 30.3. The molecule has 250 valence electrons. The van der Waals surface area contributed by atoms with E-state index in [9.17, 15) is 0 Å². The minimum atomic E-state index is 1.04. The molecule has 0 aliphatic rings. The molecule has 0 saturated carbocycles. The maximum absolute atomic E-state index is 4.95. The number of azo groups is 2. The van der Waals surface area contributed by atoms with Gasteiger partial charge in [-0.3, -0.25) is 0 Å². The molecule has 0 saturated heterocycles. The van der Waals surface area contributed by atoms with E-state index in [0.717, 1.165) is 18.5 Å². The molecule has 2 nitrogen and oxygen atoms in total. The van der Waals surface area contributed by atoms with Crippen LogP contribution in [0.2, 0.25) is 0 Å². The van der Waals surface area contributed by atoms with Crippen molar-refractivity contribution in [1.82, 2.24) is 0 Å². The predicted octanol–water partition coefficient (Wildman–Crippen LogP) is 14.0. The second kappa shape index (κ2) is 22.5. The fraction of sp³-hybridized carbons (Fsp3) is 0.545. The summed E-state index contributed by atoms with van der Waals surface area (Å²) in [6.07, 6.45) is 29.1. The molecule has 0 atom stereocenters. The Labute approximate surface area is 283 Å². The summed E-state index contributed by atoms with van der Waals surface area (Å²) in [6, 6.07) is 22.7. The molecule has 0 bridgehead atoms. The smallest absolute Gasteiger partial charge is 0.0934 e. The molecule has 0 N–H and O–H groups in total. The van der Waals surface area contributed by atoms with E-state index in [0.29, 0.717) is 0 Å². The molecular formula is C44H65N2+. The average Bonchev–Trinajstić information content (AvgIpc) is 3.07. The highest BCUT2D eigenvalue weighted by Crippen LogP contribution is 2.32. The SMILES string of the molecule is CCCCCCCCc1cc(N=[N+](C)C=Cc2cc(CCCCCC)c(CCCCCCCC)c(-c3ccccc3)c2)ccc1C. The molecular weight excluding hydrogens is 556 g/mol. The van der Waals surface area contributed by atoms with Crippen molar-refractivity contribution in [1.29, 1.82) is 0 Å².